The van der Waals surface area contributed by atoms with Crippen LogP contribution in [0.1, 0.15) is 30.4 Å². The van der Waals surface area contributed by atoms with Gasteiger partial charge < -0.3 is 18.9 Å². The molecule has 1 atom stereocenters. The van der Waals surface area contributed by atoms with Gasteiger partial charge in [-0.15, -0.1) is 0 Å². The predicted octanol–water partition coefficient (Wildman–Crippen LogP) is 1.74. The Kier molecular flexibility index (Phi) is 4.90. The average molecular weight is 315 g/mol. The van der Waals surface area contributed by atoms with Crippen molar-refractivity contribution in [3.8, 4) is 0 Å². The number of methoxy groups -OCH3 is 1. The van der Waals surface area contributed by atoms with Gasteiger partial charge in [0.15, 0.2) is 6.04 Å². The van der Waals surface area contributed by atoms with Gasteiger partial charge in [0, 0.05) is 18.8 Å². The number of aromatic nitrogens is 1. The van der Waals surface area contributed by atoms with Crippen molar-refractivity contribution >= 4 is 23.5 Å². The van der Waals surface area contributed by atoms with Crippen molar-refractivity contribution in [1.82, 2.24) is 9.47 Å². The second-order valence-corrected chi connectivity index (χ2v) is 5.59. The number of nitrogens with zero attached hydrogens (tertiary/aromatic N) is 2. The minimum Gasteiger partial charge on any atom is -0.467 e. The molecule has 0 N–H and O–H groups in total. The first-order chi connectivity index (χ1) is 9.95. The quantitative estimate of drug-likeness (QED) is 0.797. The van der Waals surface area contributed by atoms with E-state index in [1.807, 2.05) is 13.8 Å². The highest BCUT2D eigenvalue weighted by Gasteiger charge is 2.35. The van der Waals surface area contributed by atoms with Gasteiger partial charge in [-0.25, -0.2) is 4.79 Å². The summed E-state index contributed by atoms with van der Waals surface area (Å²) in [6.07, 6.45) is 1.72. The highest BCUT2D eigenvalue weighted by atomic mass is 35.5. The van der Waals surface area contributed by atoms with Crippen LogP contribution < -0.4 is 0 Å². The molecule has 1 fully saturated rings. The molecular formula is C14H19ClN2O4. The van der Waals surface area contributed by atoms with E-state index in [0.29, 0.717) is 23.9 Å². The summed E-state index contributed by atoms with van der Waals surface area (Å²) < 4.78 is 11.8. The second-order valence-electron chi connectivity index (χ2n) is 5.16. The summed E-state index contributed by atoms with van der Waals surface area (Å²) in [4.78, 5) is 26.0. The molecule has 1 saturated heterocycles. The SMILES string of the molecule is COC(=O)C1COCCN1C(=O)c1cc(Cl)cn1C(C)C. The van der Waals surface area contributed by atoms with Crippen LogP contribution >= 0.6 is 11.6 Å². The normalized spacial score (nSPS) is 18.9. The van der Waals surface area contributed by atoms with Crippen LogP contribution in [0.15, 0.2) is 12.3 Å². The molecule has 2 heterocycles. The van der Waals surface area contributed by atoms with Crippen molar-refractivity contribution < 1.29 is 19.1 Å². The summed E-state index contributed by atoms with van der Waals surface area (Å²) in [5, 5.41) is 0.495. The van der Waals surface area contributed by atoms with E-state index in [1.54, 1.807) is 16.8 Å². The van der Waals surface area contributed by atoms with E-state index in [2.05, 4.69) is 0 Å². The van der Waals surface area contributed by atoms with E-state index in [9.17, 15) is 9.59 Å². The Bertz CT molecular complexity index is 541. The molecule has 0 aromatic carbocycles. The van der Waals surface area contributed by atoms with Gasteiger partial charge in [0.05, 0.1) is 25.3 Å². The molecule has 0 radical (unpaired) electrons. The fourth-order valence-electron chi connectivity index (χ4n) is 2.37. The molecule has 1 aromatic heterocycles. The molecule has 1 aliphatic heterocycles. The minimum atomic E-state index is -0.717. The molecule has 1 unspecified atom stereocenters. The zero-order valence-corrected chi connectivity index (χ0v) is 13.1. The molecule has 0 aliphatic carbocycles. The second kappa shape index (κ2) is 6.49. The van der Waals surface area contributed by atoms with Crippen molar-refractivity contribution in [3.05, 3.63) is 23.0 Å². The fraction of sp³-hybridized carbons (Fsp3) is 0.571. The van der Waals surface area contributed by atoms with Crippen LogP contribution in [0.25, 0.3) is 0 Å². The molecule has 0 spiro atoms. The maximum Gasteiger partial charge on any atom is 0.331 e. The number of halogens is 1. The van der Waals surface area contributed by atoms with Gasteiger partial charge in [0.2, 0.25) is 0 Å². The maximum absolute atomic E-state index is 12.8. The number of hydrogen-bond acceptors (Lipinski definition) is 4. The minimum absolute atomic E-state index is 0.0917. The van der Waals surface area contributed by atoms with Gasteiger partial charge in [-0.1, -0.05) is 11.6 Å². The fourth-order valence-corrected chi connectivity index (χ4v) is 2.58. The zero-order valence-electron chi connectivity index (χ0n) is 12.3. The maximum atomic E-state index is 12.8. The Morgan fingerprint density at radius 3 is 2.81 bits per heavy atom. The van der Waals surface area contributed by atoms with Crippen LogP contribution in [0.2, 0.25) is 5.02 Å². The zero-order chi connectivity index (χ0) is 15.6. The van der Waals surface area contributed by atoms with E-state index in [-0.39, 0.29) is 18.6 Å². The molecule has 0 saturated carbocycles. The van der Waals surface area contributed by atoms with Gasteiger partial charge >= 0.3 is 5.97 Å². The van der Waals surface area contributed by atoms with E-state index in [1.165, 1.54) is 12.0 Å². The summed E-state index contributed by atoms with van der Waals surface area (Å²) in [6, 6.07) is 0.993. The van der Waals surface area contributed by atoms with Crippen LogP contribution in [-0.2, 0) is 14.3 Å². The number of amides is 1. The lowest BCUT2D eigenvalue weighted by Gasteiger charge is -2.34. The number of carbonyl (C=O) groups excluding carboxylic acids is 2. The summed E-state index contributed by atoms with van der Waals surface area (Å²) in [7, 11) is 1.30. The number of rotatable bonds is 3. The number of ether oxygens (including phenoxy) is 2. The first kappa shape index (κ1) is 15.9. The molecule has 1 aliphatic rings. The first-order valence-electron chi connectivity index (χ1n) is 6.79. The topological polar surface area (TPSA) is 60.8 Å². The Hall–Kier alpha value is -1.53. The third-order valence-electron chi connectivity index (χ3n) is 3.45. The molecular weight excluding hydrogens is 296 g/mol. The van der Waals surface area contributed by atoms with E-state index in [0.717, 1.165) is 0 Å². The molecule has 0 bridgehead atoms. The smallest absolute Gasteiger partial charge is 0.331 e. The van der Waals surface area contributed by atoms with Crippen molar-refractivity contribution in [3.63, 3.8) is 0 Å². The van der Waals surface area contributed by atoms with E-state index >= 15 is 0 Å². The Morgan fingerprint density at radius 2 is 2.19 bits per heavy atom. The number of hydrogen-bond donors (Lipinski definition) is 0. The van der Waals surface area contributed by atoms with Crippen LogP contribution in [0.4, 0.5) is 0 Å². The number of morpholine rings is 1. The third kappa shape index (κ3) is 3.22. The molecule has 116 valence electrons. The predicted molar refractivity (Wildman–Crippen MR) is 77.5 cm³/mol. The van der Waals surface area contributed by atoms with Crippen molar-refractivity contribution in [2.75, 3.05) is 26.9 Å². The summed E-state index contributed by atoms with van der Waals surface area (Å²) in [6.45, 7) is 4.82. The van der Waals surface area contributed by atoms with Crippen molar-refractivity contribution in [2.45, 2.75) is 25.9 Å². The largest absolute Gasteiger partial charge is 0.467 e. The molecule has 6 nitrogen and oxygen atoms in total. The van der Waals surface area contributed by atoms with Crippen LogP contribution in [-0.4, -0.2) is 54.3 Å². The van der Waals surface area contributed by atoms with Gasteiger partial charge in [-0.3, -0.25) is 4.79 Å². The highest BCUT2D eigenvalue weighted by molar-refractivity contribution is 6.31. The lowest BCUT2D eigenvalue weighted by atomic mass is 10.2. The Balaban J connectivity index is 2.31. The molecule has 21 heavy (non-hydrogen) atoms. The Morgan fingerprint density at radius 1 is 1.48 bits per heavy atom. The van der Waals surface area contributed by atoms with E-state index in [4.69, 9.17) is 21.1 Å². The standard InChI is InChI=1S/C14H19ClN2O4/c1-9(2)17-7-10(15)6-11(17)13(18)16-4-5-21-8-12(16)14(19)20-3/h6-7,9,12H,4-5,8H2,1-3H3. The van der Waals surface area contributed by atoms with Gasteiger partial charge in [-0.05, 0) is 19.9 Å². The summed E-state index contributed by atoms with van der Waals surface area (Å²) in [5.41, 5.74) is 0.464. The van der Waals surface area contributed by atoms with Crippen molar-refractivity contribution in [1.29, 1.82) is 0 Å². The molecule has 1 aromatic rings. The Labute approximate surface area is 128 Å². The lowest BCUT2D eigenvalue weighted by molar-refractivity contribution is -0.151. The third-order valence-corrected chi connectivity index (χ3v) is 3.66. The van der Waals surface area contributed by atoms with Crippen LogP contribution in [0.5, 0.6) is 0 Å². The first-order valence-corrected chi connectivity index (χ1v) is 7.17. The van der Waals surface area contributed by atoms with E-state index < -0.39 is 12.0 Å². The van der Waals surface area contributed by atoms with Gasteiger partial charge in [0.25, 0.3) is 5.91 Å². The average Bonchev–Trinajstić information content (AvgIpc) is 2.88. The molecule has 1 amide bonds. The molecule has 2 rings (SSSR count). The number of esters is 1. The monoisotopic (exact) mass is 314 g/mol. The van der Waals surface area contributed by atoms with Crippen LogP contribution in [0, 0.1) is 0 Å². The van der Waals surface area contributed by atoms with Crippen molar-refractivity contribution in [2.24, 2.45) is 0 Å². The highest BCUT2D eigenvalue weighted by Crippen LogP contribution is 2.22. The van der Waals surface area contributed by atoms with Gasteiger partial charge in [0.1, 0.15) is 5.69 Å². The van der Waals surface area contributed by atoms with Crippen LogP contribution in [0.3, 0.4) is 0 Å². The number of carbonyl (C=O) groups is 2. The molecule has 7 heteroatoms. The van der Waals surface area contributed by atoms with Gasteiger partial charge in [-0.2, -0.15) is 0 Å². The summed E-state index contributed by atoms with van der Waals surface area (Å²) >= 11 is 6.01. The summed E-state index contributed by atoms with van der Waals surface area (Å²) in [5.74, 6) is -0.717. The lowest BCUT2D eigenvalue weighted by Crippen LogP contribution is -2.53.